The lowest BCUT2D eigenvalue weighted by Crippen LogP contribution is -2.06. The molecule has 0 fully saturated rings. The van der Waals surface area contributed by atoms with Gasteiger partial charge in [-0.25, -0.2) is 4.79 Å². The van der Waals surface area contributed by atoms with Gasteiger partial charge in [-0.2, -0.15) is 11.8 Å². The number of rotatable bonds is 5. The number of ether oxygens (including phenoxy) is 2. The van der Waals surface area contributed by atoms with E-state index in [1.807, 2.05) is 6.26 Å². The summed E-state index contributed by atoms with van der Waals surface area (Å²) in [6.07, 6.45) is 1.97. The molecule has 0 spiro atoms. The summed E-state index contributed by atoms with van der Waals surface area (Å²) >= 11 is 13.7. The summed E-state index contributed by atoms with van der Waals surface area (Å²) in [6, 6.07) is 3.08. The first-order valence-electron chi connectivity index (χ1n) is 4.79. The number of carbonyl (C=O) groups excluding carboxylic acids is 1. The molecular formula is C11H12Cl2O3S. The number of thioether (sulfide) groups is 1. The van der Waals surface area contributed by atoms with Crippen LogP contribution in [0.3, 0.4) is 0 Å². The van der Waals surface area contributed by atoms with Gasteiger partial charge in [0.2, 0.25) is 0 Å². The normalized spacial score (nSPS) is 10.1. The van der Waals surface area contributed by atoms with Crippen LogP contribution >= 0.6 is 35.0 Å². The van der Waals surface area contributed by atoms with Crippen molar-refractivity contribution in [1.82, 2.24) is 0 Å². The molecule has 0 heterocycles. The van der Waals surface area contributed by atoms with E-state index in [1.165, 1.54) is 13.2 Å². The smallest absolute Gasteiger partial charge is 0.339 e. The third kappa shape index (κ3) is 3.69. The van der Waals surface area contributed by atoms with Gasteiger partial charge >= 0.3 is 5.97 Å². The number of halogens is 2. The molecule has 0 bridgehead atoms. The Morgan fingerprint density at radius 1 is 1.41 bits per heavy atom. The topological polar surface area (TPSA) is 35.5 Å². The van der Waals surface area contributed by atoms with E-state index >= 15 is 0 Å². The summed E-state index contributed by atoms with van der Waals surface area (Å²) in [4.78, 5) is 11.4. The standard InChI is InChI=1S/C11H12Cl2O3S/c1-15-11(14)7-3-4-8(12)10(9(7)13)16-5-6-17-2/h3-4H,5-6H2,1-2H3. The van der Waals surface area contributed by atoms with Crippen LogP contribution in [0.25, 0.3) is 0 Å². The Balaban J connectivity index is 2.98. The number of esters is 1. The average Bonchev–Trinajstić information content (AvgIpc) is 2.32. The number of benzene rings is 1. The van der Waals surface area contributed by atoms with Crippen molar-refractivity contribution in [1.29, 1.82) is 0 Å². The zero-order valence-corrected chi connectivity index (χ0v) is 11.8. The van der Waals surface area contributed by atoms with Gasteiger partial charge < -0.3 is 9.47 Å². The van der Waals surface area contributed by atoms with Crippen molar-refractivity contribution in [2.24, 2.45) is 0 Å². The lowest BCUT2D eigenvalue weighted by atomic mass is 10.2. The van der Waals surface area contributed by atoms with Crippen LogP contribution in [0.4, 0.5) is 0 Å². The van der Waals surface area contributed by atoms with Crippen molar-refractivity contribution >= 4 is 40.9 Å². The Morgan fingerprint density at radius 2 is 2.12 bits per heavy atom. The third-order valence-electron chi connectivity index (χ3n) is 1.99. The maximum atomic E-state index is 11.4. The predicted octanol–water partition coefficient (Wildman–Crippen LogP) is 3.52. The second kappa shape index (κ2) is 6.99. The Hall–Kier alpha value is -0.580. The lowest BCUT2D eigenvalue weighted by molar-refractivity contribution is 0.0600. The largest absolute Gasteiger partial charge is 0.490 e. The summed E-state index contributed by atoms with van der Waals surface area (Å²) in [6.45, 7) is 0.477. The van der Waals surface area contributed by atoms with Gasteiger partial charge in [-0.05, 0) is 18.4 Å². The summed E-state index contributed by atoms with van der Waals surface area (Å²) in [5.74, 6) is 0.626. The van der Waals surface area contributed by atoms with E-state index in [0.29, 0.717) is 17.4 Å². The Labute approximate surface area is 114 Å². The van der Waals surface area contributed by atoms with Gasteiger partial charge in [0, 0.05) is 5.75 Å². The van der Waals surface area contributed by atoms with Gasteiger partial charge in [0.25, 0.3) is 0 Å². The monoisotopic (exact) mass is 294 g/mol. The molecule has 94 valence electrons. The molecule has 0 N–H and O–H groups in total. The highest BCUT2D eigenvalue weighted by atomic mass is 35.5. The minimum absolute atomic E-state index is 0.186. The Bertz CT molecular complexity index is 410. The van der Waals surface area contributed by atoms with Gasteiger partial charge in [-0.1, -0.05) is 23.2 Å². The van der Waals surface area contributed by atoms with E-state index in [4.69, 9.17) is 27.9 Å². The third-order valence-corrected chi connectivity index (χ3v) is 3.24. The van der Waals surface area contributed by atoms with Crippen LogP contribution in [0.15, 0.2) is 12.1 Å². The van der Waals surface area contributed by atoms with E-state index in [9.17, 15) is 4.79 Å². The Morgan fingerprint density at radius 3 is 2.71 bits per heavy atom. The van der Waals surface area contributed by atoms with E-state index in [-0.39, 0.29) is 10.6 Å². The van der Waals surface area contributed by atoms with E-state index in [2.05, 4.69) is 4.74 Å². The molecule has 1 aromatic rings. The molecule has 0 aliphatic heterocycles. The van der Waals surface area contributed by atoms with E-state index in [1.54, 1.807) is 17.8 Å². The number of carbonyl (C=O) groups is 1. The van der Waals surface area contributed by atoms with Gasteiger partial charge in [-0.15, -0.1) is 0 Å². The fraction of sp³-hybridized carbons (Fsp3) is 0.364. The number of hydrogen-bond donors (Lipinski definition) is 0. The molecule has 0 amide bonds. The van der Waals surface area contributed by atoms with Crippen molar-refractivity contribution in [3.63, 3.8) is 0 Å². The van der Waals surface area contributed by atoms with Crippen molar-refractivity contribution < 1.29 is 14.3 Å². The quantitative estimate of drug-likeness (QED) is 0.615. The first-order chi connectivity index (χ1) is 8.11. The molecule has 3 nitrogen and oxygen atoms in total. The fourth-order valence-electron chi connectivity index (χ4n) is 1.16. The van der Waals surface area contributed by atoms with Crippen molar-refractivity contribution in [3.05, 3.63) is 27.7 Å². The fourth-order valence-corrected chi connectivity index (χ4v) is 1.97. The van der Waals surface area contributed by atoms with Crippen LogP contribution in [0.5, 0.6) is 5.75 Å². The highest BCUT2D eigenvalue weighted by Gasteiger charge is 2.17. The van der Waals surface area contributed by atoms with E-state index in [0.717, 1.165) is 5.75 Å². The summed E-state index contributed by atoms with van der Waals surface area (Å²) in [5.41, 5.74) is 0.248. The molecule has 0 saturated carbocycles. The van der Waals surface area contributed by atoms with E-state index < -0.39 is 5.97 Å². The highest BCUT2D eigenvalue weighted by molar-refractivity contribution is 7.98. The molecule has 0 aromatic heterocycles. The predicted molar refractivity (Wildman–Crippen MR) is 71.7 cm³/mol. The molecule has 0 aliphatic rings. The first kappa shape index (κ1) is 14.5. The van der Waals surface area contributed by atoms with Crippen LogP contribution in [0, 0.1) is 0 Å². The molecular weight excluding hydrogens is 283 g/mol. The average molecular weight is 295 g/mol. The van der Waals surface area contributed by atoms with Crippen LogP contribution in [0.1, 0.15) is 10.4 Å². The highest BCUT2D eigenvalue weighted by Crippen LogP contribution is 2.35. The number of hydrogen-bond acceptors (Lipinski definition) is 4. The Kier molecular flexibility index (Phi) is 5.95. The second-order valence-corrected chi connectivity index (χ2v) is 4.84. The second-order valence-electron chi connectivity index (χ2n) is 3.07. The molecule has 0 atom stereocenters. The van der Waals surface area contributed by atoms with Crippen molar-refractivity contribution in [2.75, 3.05) is 25.7 Å². The van der Waals surface area contributed by atoms with Crippen LogP contribution < -0.4 is 4.74 Å². The minimum atomic E-state index is -0.513. The summed E-state index contributed by atoms with van der Waals surface area (Å²) in [7, 11) is 1.29. The van der Waals surface area contributed by atoms with Crippen molar-refractivity contribution in [3.8, 4) is 5.75 Å². The van der Waals surface area contributed by atoms with Gasteiger partial charge in [0.05, 0.1) is 29.3 Å². The maximum absolute atomic E-state index is 11.4. The van der Waals surface area contributed by atoms with Crippen LogP contribution in [-0.4, -0.2) is 31.7 Å². The zero-order valence-electron chi connectivity index (χ0n) is 9.46. The van der Waals surface area contributed by atoms with Gasteiger partial charge in [0.15, 0.2) is 5.75 Å². The molecule has 1 rings (SSSR count). The maximum Gasteiger partial charge on any atom is 0.339 e. The zero-order chi connectivity index (χ0) is 12.8. The minimum Gasteiger partial charge on any atom is -0.490 e. The lowest BCUT2D eigenvalue weighted by Gasteiger charge is -2.11. The molecule has 0 saturated heterocycles. The molecule has 0 radical (unpaired) electrons. The van der Waals surface area contributed by atoms with Crippen molar-refractivity contribution in [2.45, 2.75) is 0 Å². The molecule has 17 heavy (non-hydrogen) atoms. The first-order valence-corrected chi connectivity index (χ1v) is 6.94. The molecule has 6 heteroatoms. The molecule has 0 aliphatic carbocycles. The summed E-state index contributed by atoms with van der Waals surface area (Å²) < 4.78 is 10.1. The van der Waals surface area contributed by atoms with Crippen LogP contribution in [-0.2, 0) is 4.74 Å². The van der Waals surface area contributed by atoms with Gasteiger partial charge in [-0.3, -0.25) is 0 Å². The molecule has 1 aromatic carbocycles. The number of methoxy groups -OCH3 is 1. The van der Waals surface area contributed by atoms with Crippen LogP contribution in [0.2, 0.25) is 10.0 Å². The summed E-state index contributed by atoms with van der Waals surface area (Å²) in [5, 5.41) is 0.564. The van der Waals surface area contributed by atoms with Gasteiger partial charge in [0.1, 0.15) is 0 Å². The molecule has 0 unspecified atom stereocenters. The SMILES string of the molecule is COC(=O)c1ccc(Cl)c(OCCSC)c1Cl.